The van der Waals surface area contributed by atoms with Gasteiger partial charge in [-0.15, -0.1) is 0 Å². The van der Waals surface area contributed by atoms with Crippen LogP contribution in [0, 0.1) is 13.8 Å². The molecule has 4 nitrogen and oxygen atoms in total. The van der Waals surface area contributed by atoms with Crippen LogP contribution in [-0.2, 0) is 7.05 Å². The van der Waals surface area contributed by atoms with E-state index >= 15 is 0 Å². The summed E-state index contributed by atoms with van der Waals surface area (Å²) in [6, 6.07) is 10.3. The topological polar surface area (TPSA) is 56.7 Å². The minimum absolute atomic E-state index is 0.652. The molecule has 106 valence electrons. The quantitative estimate of drug-likeness (QED) is 0.782. The molecule has 4 heteroatoms. The summed E-state index contributed by atoms with van der Waals surface area (Å²) in [4.78, 5) is 4.19. The van der Waals surface area contributed by atoms with E-state index in [9.17, 15) is 0 Å². The van der Waals surface area contributed by atoms with E-state index in [1.54, 1.807) is 10.9 Å². The average molecular weight is 278 g/mol. The third-order valence-corrected chi connectivity index (χ3v) is 3.69. The summed E-state index contributed by atoms with van der Waals surface area (Å²) in [6.07, 6.45) is 3.58. The van der Waals surface area contributed by atoms with Crippen molar-refractivity contribution in [1.29, 1.82) is 0 Å². The van der Waals surface area contributed by atoms with Gasteiger partial charge in [0.25, 0.3) is 0 Å². The van der Waals surface area contributed by atoms with Crippen molar-refractivity contribution in [3.05, 3.63) is 53.9 Å². The number of nitrogens with two attached hydrogens (primary N) is 1. The van der Waals surface area contributed by atoms with Crippen LogP contribution >= 0.6 is 0 Å². The SMILES string of the molecule is Cc1ccc(C)c(-c2nn(C)c(N)c2-c2cccnc2)c1. The molecule has 3 rings (SSSR count). The van der Waals surface area contributed by atoms with Crippen LogP contribution in [0.2, 0.25) is 0 Å². The molecule has 2 N–H and O–H groups in total. The molecule has 0 amide bonds. The maximum atomic E-state index is 6.23. The van der Waals surface area contributed by atoms with Crippen molar-refractivity contribution in [1.82, 2.24) is 14.8 Å². The van der Waals surface area contributed by atoms with Gasteiger partial charge in [-0.25, -0.2) is 0 Å². The summed E-state index contributed by atoms with van der Waals surface area (Å²) in [5.41, 5.74) is 12.6. The Hall–Kier alpha value is -2.62. The Morgan fingerprint density at radius 1 is 1.14 bits per heavy atom. The van der Waals surface area contributed by atoms with E-state index in [4.69, 9.17) is 5.73 Å². The summed E-state index contributed by atoms with van der Waals surface area (Å²) >= 11 is 0. The maximum Gasteiger partial charge on any atom is 0.129 e. The number of rotatable bonds is 2. The Balaban J connectivity index is 2.29. The van der Waals surface area contributed by atoms with Gasteiger partial charge in [0.2, 0.25) is 0 Å². The molecule has 0 saturated heterocycles. The summed E-state index contributed by atoms with van der Waals surface area (Å²) in [5, 5.41) is 4.62. The molecular weight excluding hydrogens is 260 g/mol. The Bertz CT molecular complexity index is 788. The summed E-state index contributed by atoms with van der Waals surface area (Å²) in [7, 11) is 1.86. The second kappa shape index (κ2) is 5.05. The predicted molar refractivity (Wildman–Crippen MR) is 85.8 cm³/mol. The standard InChI is InChI=1S/C17H18N4/c1-11-6-7-12(2)14(9-11)16-15(17(18)21(3)20-16)13-5-4-8-19-10-13/h4-10H,18H2,1-3H3. The van der Waals surface area contributed by atoms with Gasteiger partial charge < -0.3 is 5.73 Å². The molecule has 0 unspecified atom stereocenters. The van der Waals surface area contributed by atoms with E-state index in [1.165, 1.54) is 11.1 Å². The normalized spacial score (nSPS) is 10.8. The first-order chi connectivity index (χ1) is 10.1. The van der Waals surface area contributed by atoms with Gasteiger partial charge >= 0.3 is 0 Å². The first-order valence-electron chi connectivity index (χ1n) is 6.88. The Kier molecular flexibility index (Phi) is 3.22. The zero-order valence-corrected chi connectivity index (χ0v) is 12.5. The molecule has 0 saturated carbocycles. The van der Waals surface area contributed by atoms with Crippen molar-refractivity contribution < 1.29 is 0 Å². The monoisotopic (exact) mass is 278 g/mol. The summed E-state index contributed by atoms with van der Waals surface area (Å²) in [6.45, 7) is 4.17. The number of nitrogen functional groups attached to an aromatic ring is 1. The lowest BCUT2D eigenvalue weighted by Crippen LogP contribution is -1.98. The Morgan fingerprint density at radius 2 is 1.95 bits per heavy atom. The molecular formula is C17H18N4. The molecule has 0 atom stereocenters. The molecule has 0 aliphatic carbocycles. The molecule has 0 aliphatic rings. The van der Waals surface area contributed by atoms with Gasteiger partial charge in [0.1, 0.15) is 11.5 Å². The van der Waals surface area contributed by atoms with E-state index in [1.807, 2.05) is 25.4 Å². The van der Waals surface area contributed by atoms with Gasteiger partial charge in [0.15, 0.2) is 0 Å². The Morgan fingerprint density at radius 3 is 2.67 bits per heavy atom. The van der Waals surface area contributed by atoms with Crippen LogP contribution in [0.4, 0.5) is 5.82 Å². The molecule has 0 bridgehead atoms. The molecule has 21 heavy (non-hydrogen) atoms. The number of aryl methyl sites for hydroxylation is 3. The van der Waals surface area contributed by atoms with E-state index in [0.717, 1.165) is 22.4 Å². The largest absolute Gasteiger partial charge is 0.383 e. The van der Waals surface area contributed by atoms with Gasteiger partial charge in [-0.2, -0.15) is 5.10 Å². The van der Waals surface area contributed by atoms with Crippen LogP contribution in [0.3, 0.4) is 0 Å². The molecule has 1 aromatic carbocycles. The fraction of sp³-hybridized carbons (Fsp3) is 0.176. The molecule has 0 radical (unpaired) electrons. The first kappa shape index (κ1) is 13.4. The summed E-state index contributed by atoms with van der Waals surface area (Å²) in [5.74, 6) is 0.652. The van der Waals surface area contributed by atoms with Crippen molar-refractivity contribution in [2.45, 2.75) is 13.8 Å². The third-order valence-electron chi connectivity index (χ3n) is 3.69. The summed E-state index contributed by atoms with van der Waals surface area (Å²) < 4.78 is 1.72. The van der Waals surface area contributed by atoms with Crippen molar-refractivity contribution in [2.24, 2.45) is 7.05 Å². The van der Waals surface area contributed by atoms with Gasteiger partial charge in [0.05, 0.1) is 5.56 Å². The van der Waals surface area contributed by atoms with E-state index < -0.39 is 0 Å². The molecule has 0 aliphatic heterocycles. The van der Waals surface area contributed by atoms with Crippen molar-refractivity contribution in [3.63, 3.8) is 0 Å². The van der Waals surface area contributed by atoms with Crippen LogP contribution in [0.5, 0.6) is 0 Å². The predicted octanol–water partition coefficient (Wildman–Crippen LogP) is 3.35. The third kappa shape index (κ3) is 2.29. The molecule has 0 fully saturated rings. The van der Waals surface area contributed by atoms with Crippen LogP contribution in [0.25, 0.3) is 22.4 Å². The lowest BCUT2D eigenvalue weighted by Gasteiger charge is -2.07. The highest BCUT2D eigenvalue weighted by molar-refractivity contribution is 5.88. The van der Waals surface area contributed by atoms with Crippen LogP contribution in [0.15, 0.2) is 42.7 Å². The fourth-order valence-electron chi connectivity index (χ4n) is 2.51. The highest BCUT2D eigenvalue weighted by Crippen LogP contribution is 2.37. The van der Waals surface area contributed by atoms with E-state index in [0.29, 0.717) is 5.82 Å². The van der Waals surface area contributed by atoms with E-state index in [2.05, 4.69) is 42.1 Å². The van der Waals surface area contributed by atoms with E-state index in [-0.39, 0.29) is 0 Å². The van der Waals surface area contributed by atoms with Crippen LogP contribution in [0.1, 0.15) is 11.1 Å². The van der Waals surface area contributed by atoms with Gasteiger partial charge in [-0.3, -0.25) is 9.67 Å². The minimum Gasteiger partial charge on any atom is -0.383 e. The number of aromatic nitrogens is 3. The smallest absolute Gasteiger partial charge is 0.129 e. The average Bonchev–Trinajstić information content (AvgIpc) is 2.78. The number of anilines is 1. The van der Waals surface area contributed by atoms with Crippen molar-refractivity contribution in [2.75, 3.05) is 5.73 Å². The number of hydrogen-bond donors (Lipinski definition) is 1. The zero-order chi connectivity index (χ0) is 15.0. The second-order valence-corrected chi connectivity index (χ2v) is 5.29. The van der Waals surface area contributed by atoms with Crippen molar-refractivity contribution in [3.8, 4) is 22.4 Å². The first-order valence-corrected chi connectivity index (χ1v) is 6.88. The minimum atomic E-state index is 0.652. The number of hydrogen-bond acceptors (Lipinski definition) is 3. The number of pyridine rings is 1. The fourth-order valence-corrected chi connectivity index (χ4v) is 2.51. The molecule has 2 aromatic heterocycles. The number of benzene rings is 1. The maximum absolute atomic E-state index is 6.23. The van der Waals surface area contributed by atoms with Gasteiger partial charge in [-0.05, 0) is 31.5 Å². The zero-order valence-electron chi connectivity index (χ0n) is 12.5. The molecule has 0 spiro atoms. The van der Waals surface area contributed by atoms with Crippen LogP contribution in [-0.4, -0.2) is 14.8 Å². The van der Waals surface area contributed by atoms with Crippen molar-refractivity contribution >= 4 is 5.82 Å². The van der Waals surface area contributed by atoms with Gasteiger partial charge in [-0.1, -0.05) is 23.8 Å². The second-order valence-electron chi connectivity index (χ2n) is 5.29. The lowest BCUT2D eigenvalue weighted by molar-refractivity contribution is 0.782. The highest BCUT2D eigenvalue weighted by atomic mass is 15.3. The van der Waals surface area contributed by atoms with Gasteiger partial charge in [0, 0.05) is 30.6 Å². The lowest BCUT2D eigenvalue weighted by atomic mass is 9.97. The number of nitrogens with zero attached hydrogens (tertiary/aromatic N) is 3. The molecule has 2 heterocycles. The Labute approximate surface area is 124 Å². The molecule has 3 aromatic rings. The van der Waals surface area contributed by atoms with Crippen LogP contribution < -0.4 is 5.73 Å². The highest BCUT2D eigenvalue weighted by Gasteiger charge is 2.18.